The lowest BCUT2D eigenvalue weighted by Crippen LogP contribution is -2.41. The Kier molecular flexibility index (Phi) is 5.07. The SMILES string of the molecule is O=C(CCN1CCS(=O)(=O)CC1)c1cccc(Cl)c1Cl. The predicted octanol–water partition coefficient (Wildman–Crippen LogP) is 2.30. The van der Waals surface area contributed by atoms with Crippen molar-refractivity contribution in [3.63, 3.8) is 0 Å². The van der Waals surface area contributed by atoms with Crippen molar-refractivity contribution in [2.45, 2.75) is 6.42 Å². The number of hydrogen-bond donors (Lipinski definition) is 0. The van der Waals surface area contributed by atoms with E-state index >= 15 is 0 Å². The monoisotopic (exact) mass is 335 g/mol. The fourth-order valence-electron chi connectivity index (χ4n) is 2.09. The Labute approximate surface area is 128 Å². The molecule has 0 atom stereocenters. The van der Waals surface area contributed by atoms with Crippen LogP contribution in [-0.4, -0.2) is 50.2 Å². The summed E-state index contributed by atoms with van der Waals surface area (Å²) in [4.78, 5) is 14.1. The summed E-state index contributed by atoms with van der Waals surface area (Å²) >= 11 is 11.9. The number of carbonyl (C=O) groups excluding carboxylic acids is 1. The third-order valence-corrected chi connectivity index (χ3v) is 5.77. The van der Waals surface area contributed by atoms with Crippen LogP contribution in [0.3, 0.4) is 0 Å². The average molecular weight is 336 g/mol. The van der Waals surface area contributed by atoms with Gasteiger partial charge in [0, 0.05) is 31.6 Å². The molecule has 1 aliphatic rings. The van der Waals surface area contributed by atoms with E-state index in [4.69, 9.17) is 23.2 Å². The molecule has 1 saturated heterocycles. The summed E-state index contributed by atoms with van der Waals surface area (Å²) in [5.41, 5.74) is 0.420. The lowest BCUT2D eigenvalue weighted by atomic mass is 10.1. The van der Waals surface area contributed by atoms with Gasteiger partial charge >= 0.3 is 0 Å². The highest BCUT2D eigenvalue weighted by Gasteiger charge is 2.22. The first kappa shape index (κ1) is 15.8. The van der Waals surface area contributed by atoms with Crippen molar-refractivity contribution in [1.82, 2.24) is 4.90 Å². The third-order valence-electron chi connectivity index (χ3n) is 3.34. The summed E-state index contributed by atoms with van der Waals surface area (Å²) in [6, 6.07) is 4.97. The van der Waals surface area contributed by atoms with E-state index in [-0.39, 0.29) is 22.3 Å². The van der Waals surface area contributed by atoms with Crippen molar-refractivity contribution < 1.29 is 13.2 Å². The number of benzene rings is 1. The van der Waals surface area contributed by atoms with Crippen molar-refractivity contribution >= 4 is 38.8 Å². The summed E-state index contributed by atoms with van der Waals surface area (Å²) in [7, 11) is -2.88. The normalized spacial score (nSPS) is 18.9. The maximum atomic E-state index is 12.1. The smallest absolute Gasteiger partial charge is 0.165 e. The number of Topliss-reactive ketones (excluding diaryl/α,β-unsaturated/α-hetero) is 1. The Hall–Kier alpha value is -0.620. The van der Waals surface area contributed by atoms with Crippen LogP contribution in [0.2, 0.25) is 10.0 Å². The number of hydrogen-bond acceptors (Lipinski definition) is 4. The summed E-state index contributed by atoms with van der Waals surface area (Å²) in [5, 5.41) is 0.641. The lowest BCUT2D eigenvalue weighted by Gasteiger charge is -2.26. The molecule has 1 aromatic rings. The Bertz CT molecular complexity index is 602. The van der Waals surface area contributed by atoms with Gasteiger partial charge in [0.25, 0.3) is 0 Å². The van der Waals surface area contributed by atoms with Crippen LogP contribution in [0, 0.1) is 0 Å². The van der Waals surface area contributed by atoms with E-state index in [1.165, 1.54) is 0 Å². The fourth-order valence-corrected chi connectivity index (χ4v) is 3.77. The maximum absolute atomic E-state index is 12.1. The lowest BCUT2D eigenvalue weighted by molar-refractivity contribution is 0.0966. The van der Waals surface area contributed by atoms with E-state index in [9.17, 15) is 13.2 Å². The van der Waals surface area contributed by atoms with Gasteiger partial charge in [-0.3, -0.25) is 4.79 Å². The van der Waals surface area contributed by atoms with Gasteiger partial charge < -0.3 is 4.90 Å². The maximum Gasteiger partial charge on any atom is 0.165 e. The molecule has 0 aromatic heterocycles. The molecule has 1 aliphatic heterocycles. The Balaban J connectivity index is 1.91. The van der Waals surface area contributed by atoms with E-state index in [1.807, 2.05) is 4.90 Å². The van der Waals surface area contributed by atoms with Crippen LogP contribution in [0.25, 0.3) is 0 Å². The summed E-state index contributed by atoms with van der Waals surface area (Å²) in [6.45, 7) is 1.51. The number of sulfone groups is 1. The highest BCUT2D eigenvalue weighted by Crippen LogP contribution is 2.26. The number of rotatable bonds is 4. The molecular formula is C13H15Cl2NO3S. The van der Waals surface area contributed by atoms with E-state index in [0.29, 0.717) is 36.6 Å². The molecule has 0 radical (unpaired) electrons. The van der Waals surface area contributed by atoms with Crippen LogP contribution in [0.1, 0.15) is 16.8 Å². The van der Waals surface area contributed by atoms with Crippen LogP contribution >= 0.6 is 23.2 Å². The standard InChI is InChI=1S/C13H15Cl2NO3S/c14-11-3-1-2-10(13(11)15)12(17)4-5-16-6-8-20(18,19)9-7-16/h1-3H,4-9H2. The molecule has 1 heterocycles. The second-order valence-electron chi connectivity index (χ2n) is 4.77. The molecule has 110 valence electrons. The van der Waals surface area contributed by atoms with Crippen LogP contribution in [-0.2, 0) is 9.84 Å². The zero-order chi connectivity index (χ0) is 14.8. The van der Waals surface area contributed by atoms with Gasteiger partial charge in [-0.15, -0.1) is 0 Å². The van der Waals surface area contributed by atoms with E-state index in [1.54, 1.807) is 18.2 Å². The summed E-state index contributed by atoms with van der Waals surface area (Å²) in [6.07, 6.45) is 0.306. The zero-order valence-corrected chi connectivity index (χ0v) is 13.1. The molecule has 0 amide bonds. The van der Waals surface area contributed by atoms with Crippen LogP contribution in [0.4, 0.5) is 0 Å². The largest absolute Gasteiger partial charge is 0.301 e. The molecule has 1 aromatic carbocycles. The van der Waals surface area contributed by atoms with E-state index in [0.717, 1.165) is 0 Å². The van der Waals surface area contributed by atoms with Crippen LogP contribution < -0.4 is 0 Å². The zero-order valence-electron chi connectivity index (χ0n) is 10.8. The highest BCUT2D eigenvalue weighted by atomic mass is 35.5. The Morgan fingerprint density at radius 2 is 1.85 bits per heavy atom. The first-order valence-electron chi connectivity index (χ1n) is 6.29. The highest BCUT2D eigenvalue weighted by molar-refractivity contribution is 7.91. The summed E-state index contributed by atoms with van der Waals surface area (Å²) in [5.74, 6) is 0.254. The second kappa shape index (κ2) is 6.43. The minimum atomic E-state index is -2.88. The molecule has 1 fully saturated rings. The first-order valence-corrected chi connectivity index (χ1v) is 8.87. The minimum absolute atomic E-state index is 0.0778. The first-order chi connectivity index (χ1) is 9.39. The predicted molar refractivity (Wildman–Crippen MR) is 80.5 cm³/mol. The fraction of sp³-hybridized carbons (Fsp3) is 0.462. The van der Waals surface area contributed by atoms with Crippen molar-refractivity contribution in [2.24, 2.45) is 0 Å². The average Bonchev–Trinajstić information content (AvgIpc) is 2.40. The number of nitrogens with zero attached hydrogens (tertiary/aromatic N) is 1. The van der Waals surface area contributed by atoms with Gasteiger partial charge in [-0.2, -0.15) is 0 Å². The van der Waals surface area contributed by atoms with E-state index < -0.39 is 9.84 Å². The van der Waals surface area contributed by atoms with Gasteiger partial charge in [-0.05, 0) is 12.1 Å². The van der Waals surface area contributed by atoms with Gasteiger partial charge in [0.1, 0.15) is 0 Å². The van der Waals surface area contributed by atoms with Gasteiger partial charge in [-0.25, -0.2) is 8.42 Å². The molecule has 0 aliphatic carbocycles. The molecule has 0 saturated carbocycles. The third kappa shape index (κ3) is 3.95. The van der Waals surface area contributed by atoms with Crippen LogP contribution in [0.5, 0.6) is 0 Å². The number of ketones is 1. The van der Waals surface area contributed by atoms with Gasteiger partial charge in [-0.1, -0.05) is 29.3 Å². The van der Waals surface area contributed by atoms with E-state index in [2.05, 4.69) is 0 Å². The minimum Gasteiger partial charge on any atom is -0.301 e. The molecule has 4 nitrogen and oxygen atoms in total. The number of halogens is 2. The van der Waals surface area contributed by atoms with Gasteiger partial charge in [0.05, 0.1) is 21.6 Å². The second-order valence-corrected chi connectivity index (χ2v) is 7.86. The van der Waals surface area contributed by atoms with Crippen LogP contribution in [0.15, 0.2) is 18.2 Å². The molecular weight excluding hydrogens is 321 g/mol. The molecule has 0 unspecified atom stereocenters. The Morgan fingerprint density at radius 3 is 2.50 bits per heavy atom. The molecule has 0 N–H and O–H groups in total. The van der Waals surface area contributed by atoms with Crippen molar-refractivity contribution in [2.75, 3.05) is 31.1 Å². The molecule has 20 heavy (non-hydrogen) atoms. The summed E-state index contributed by atoms with van der Waals surface area (Å²) < 4.78 is 22.6. The van der Waals surface area contributed by atoms with Crippen molar-refractivity contribution in [3.05, 3.63) is 33.8 Å². The molecule has 7 heteroatoms. The molecule has 0 bridgehead atoms. The topological polar surface area (TPSA) is 54.5 Å². The Morgan fingerprint density at radius 1 is 1.20 bits per heavy atom. The number of carbonyl (C=O) groups is 1. The quantitative estimate of drug-likeness (QED) is 0.792. The van der Waals surface area contributed by atoms with Crippen molar-refractivity contribution in [1.29, 1.82) is 0 Å². The van der Waals surface area contributed by atoms with Gasteiger partial charge in [0.2, 0.25) is 0 Å². The molecule has 2 rings (SSSR count). The molecule has 0 spiro atoms. The van der Waals surface area contributed by atoms with Crippen molar-refractivity contribution in [3.8, 4) is 0 Å². The van der Waals surface area contributed by atoms with Gasteiger partial charge in [0.15, 0.2) is 15.6 Å².